The minimum Gasteiger partial charge on any atom is -0.379 e. The third kappa shape index (κ3) is 6.57. The van der Waals surface area contributed by atoms with Crippen LogP contribution in [0.4, 0.5) is 0 Å². The van der Waals surface area contributed by atoms with Gasteiger partial charge in [-0.1, -0.05) is 6.92 Å². The van der Waals surface area contributed by atoms with Gasteiger partial charge >= 0.3 is 0 Å². The summed E-state index contributed by atoms with van der Waals surface area (Å²) in [5.74, 6) is 1.80. The summed E-state index contributed by atoms with van der Waals surface area (Å²) in [6.45, 7) is 14.0. The van der Waals surface area contributed by atoms with Crippen molar-refractivity contribution in [2.75, 3.05) is 73.1 Å². The summed E-state index contributed by atoms with van der Waals surface area (Å²) in [4.78, 5) is 11.7. The van der Waals surface area contributed by atoms with Gasteiger partial charge in [0, 0.05) is 66.0 Å². The van der Waals surface area contributed by atoms with E-state index in [1.807, 2.05) is 7.05 Å². The van der Waals surface area contributed by atoms with E-state index in [0.717, 1.165) is 38.2 Å². The standard InChI is InChI=1S/C18H37N5O/c1-5-22-8-10-23(11-9-22)16(2)14-20-18(19-3)21(4)12-13-24-15-17-6-7-17/h16-17H,5-15H2,1-4H3,(H,19,20). The molecule has 1 heterocycles. The molecule has 140 valence electrons. The van der Waals surface area contributed by atoms with Crippen LogP contribution in [0.1, 0.15) is 26.7 Å². The van der Waals surface area contributed by atoms with Gasteiger partial charge in [0.1, 0.15) is 0 Å². The molecule has 1 atom stereocenters. The van der Waals surface area contributed by atoms with Crippen LogP contribution in [0, 0.1) is 5.92 Å². The molecule has 2 aliphatic rings. The number of hydrogen-bond acceptors (Lipinski definition) is 4. The van der Waals surface area contributed by atoms with Gasteiger partial charge in [0.25, 0.3) is 0 Å². The number of guanidine groups is 1. The van der Waals surface area contributed by atoms with Gasteiger partial charge in [-0.25, -0.2) is 0 Å². The van der Waals surface area contributed by atoms with Crippen molar-refractivity contribution in [3.63, 3.8) is 0 Å². The SMILES string of the molecule is CCN1CCN(C(C)CNC(=NC)N(C)CCOCC2CC2)CC1. The topological polar surface area (TPSA) is 43.3 Å². The Morgan fingerprint density at radius 3 is 2.58 bits per heavy atom. The van der Waals surface area contributed by atoms with Crippen molar-refractivity contribution < 1.29 is 4.74 Å². The Bertz CT molecular complexity index is 378. The van der Waals surface area contributed by atoms with Gasteiger partial charge in [-0.15, -0.1) is 0 Å². The summed E-state index contributed by atoms with van der Waals surface area (Å²) in [5.41, 5.74) is 0. The van der Waals surface area contributed by atoms with Gasteiger partial charge in [0.2, 0.25) is 0 Å². The zero-order chi connectivity index (χ0) is 17.4. The van der Waals surface area contributed by atoms with Gasteiger partial charge in [-0.05, 0) is 32.2 Å². The first-order valence-corrected chi connectivity index (χ1v) is 9.60. The van der Waals surface area contributed by atoms with Crippen molar-refractivity contribution >= 4 is 5.96 Å². The Morgan fingerprint density at radius 1 is 1.29 bits per heavy atom. The van der Waals surface area contributed by atoms with E-state index >= 15 is 0 Å². The average Bonchev–Trinajstić information content (AvgIpc) is 3.43. The van der Waals surface area contributed by atoms with Crippen molar-refractivity contribution in [1.29, 1.82) is 0 Å². The van der Waals surface area contributed by atoms with E-state index in [-0.39, 0.29) is 0 Å². The van der Waals surface area contributed by atoms with E-state index in [2.05, 4.69) is 45.9 Å². The van der Waals surface area contributed by atoms with Crippen molar-refractivity contribution in [3.8, 4) is 0 Å². The lowest BCUT2D eigenvalue weighted by atomic mass is 10.2. The molecule has 2 rings (SSSR count). The Morgan fingerprint density at radius 2 is 2.00 bits per heavy atom. The molecule has 1 saturated carbocycles. The zero-order valence-electron chi connectivity index (χ0n) is 16.1. The first kappa shape index (κ1) is 19.5. The highest BCUT2D eigenvalue weighted by molar-refractivity contribution is 5.79. The molecular formula is C18H37N5O. The summed E-state index contributed by atoms with van der Waals surface area (Å²) < 4.78 is 5.73. The number of likely N-dealkylation sites (N-methyl/N-ethyl adjacent to an activating group) is 2. The molecule has 6 nitrogen and oxygen atoms in total. The minimum absolute atomic E-state index is 0.528. The first-order chi connectivity index (χ1) is 11.6. The summed E-state index contributed by atoms with van der Waals surface area (Å²) in [6, 6.07) is 0.528. The van der Waals surface area contributed by atoms with Crippen LogP contribution in [0.15, 0.2) is 4.99 Å². The molecule has 1 aliphatic heterocycles. The van der Waals surface area contributed by atoms with Crippen LogP contribution in [0.3, 0.4) is 0 Å². The molecule has 0 amide bonds. The summed E-state index contributed by atoms with van der Waals surface area (Å²) in [5, 5.41) is 3.52. The van der Waals surface area contributed by atoms with Crippen molar-refractivity contribution in [3.05, 3.63) is 0 Å². The van der Waals surface area contributed by atoms with Crippen LogP contribution in [0.2, 0.25) is 0 Å². The predicted molar refractivity (Wildman–Crippen MR) is 101 cm³/mol. The van der Waals surface area contributed by atoms with Crippen LogP contribution >= 0.6 is 0 Å². The number of ether oxygens (including phenoxy) is 1. The maximum atomic E-state index is 5.73. The average molecular weight is 340 g/mol. The molecule has 0 aromatic rings. The lowest BCUT2D eigenvalue weighted by Crippen LogP contribution is -2.53. The Kier molecular flexibility index (Phi) is 8.29. The number of rotatable bonds is 9. The third-order valence-corrected chi connectivity index (χ3v) is 5.23. The molecule has 1 aliphatic carbocycles. The summed E-state index contributed by atoms with van der Waals surface area (Å²) in [6.07, 6.45) is 2.70. The van der Waals surface area contributed by atoms with E-state index < -0.39 is 0 Å². The predicted octanol–water partition coefficient (Wildman–Crippen LogP) is 0.946. The quantitative estimate of drug-likeness (QED) is 0.385. The van der Waals surface area contributed by atoms with Gasteiger partial charge in [0.05, 0.1) is 6.61 Å². The van der Waals surface area contributed by atoms with Crippen molar-refractivity contribution in [1.82, 2.24) is 20.0 Å². The minimum atomic E-state index is 0.528. The monoisotopic (exact) mass is 339 g/mol. The van der Waals surface area contributed by atoms with Gasteiger partial charge in [0.15, 0.2) is 5.96 Å². The van der Waals surface area contributed by atoms with E-state index in [0.29, 0.717) is 6.04 Å². The third-order valence-electron chi connectivity index (χ3n) is 5.23. The van der Waals surface area contributed by atoms with E-state index in [9.17, 15) is 0 Å². The Balaban J connectivity index is 1.62. The number of nitrogens with zero attached hydrogens (tertiary/aromatic N) is 4. The van der Waals surface area contributed by atoms with E-state index in [1.165, 1.54) is 45.6 Å². The molecule has 24 heavy (non-hydrogen) atoms. The van der Waals surface area contributed by atoms with Crippen LogP contribution in [-0.4, -0.2) is 99.8 Å². The number of hydrogen-bond donors (Lipinski definition) is 1. The molecule has 0 aromatic carbocycles. The molecule has 0 aromatic heterocycles. The summed E-state index contributed by atoms with van der Waals surface area (Å²) in [7, 11) is 3.94. The largest absolute Gasteiger partial charge is 0.379 e. The molecule has 0 radical (unpaired) electrons. The number of nitrogens with one attached hydrogen (secondary N) is 1. The smallest absolute Gasteiger partial charge is 0.193 e. The molecule has 2 fully saturated rings. The number of aliphatic imine (C=N–C) groups is 1. The first-order valence-electron chi connectivity index (χ1n) is 9.60. The molecule has 1 saturated heterocycles. The van der Waals surface area contributed by atoms with Crippen molar-refractivity contribution in [2.24, 2.45) is 10.9 Å². The lowest BCUT2D eigenvalue weighted by Gasteiger charge is -2.38. The Hall–Kier alpha value is -0.850. The fraction of sp³-hybridized carbons (Fsp3) is 0.944. The maximum Gasteiger partial charge on any atom is 0.193 e. The van der Waals surface area contributed by atoms with Gasteiger partial charge in [-0.3, -0.25) is 9.89 Å². The van der Waals surface area contributed by atoms with Gasteiger partial charge < -0.3 is 19.9 Å². The molecule has 1 N–H and O–H groups in total. The molecule has 0 bridgehead atoms. The van der Waals surface area contributed by atoms with Crippen molar-refractivity contribution in [2.45, 2.75) is 32.7 Å². The highest BCUT2D eigenvalue weighted by Gasteiger charge is 2.22. The molecular weight excluding hydrogens is 302 g/mol. The van der Waals surface area contributed by atoms with Gasteiger partial charge in [-0.2, -0.15) is 0 Å². The molecule has 6 heteroatoms. The van der Waals surface area contributed by atoms with Crippen LogP contribution in [0.25, 0.3) is 0 Å². The highest BCUT2D eigenvalue weighted by Crippen LogP contribution is 2.28. The van der Waals surface area contributed by atoms with E-state index in [4.69, 9.17) is 4.74 Å². The fourth-order valence-electron chi connectivity index (χ4n) is 3.12. The summed E-state index contributed by atoms with van der Waals surface area (Å²) >= 11 is 0. The second kappa shape index (κ2) is 10.2. The fourth-order valence-corrected chi connectivity index (χ4v) is 3.12. The van der Waals surface area contributed by atoms with Crippen LogP contribution in [0.5, 0.6) is 0 Å². The van der Waals surface area contributed by atoms with Crippen LogP contribution in [-0.2, 0) is 4.74 Å². The Labute approximate surface area is 148 Å². The normalized spacial score (nSPS) is 21.8. The lowest BCUT2D eigenvalue weighted by molar-refractivity contribution is 0.106. The zero-order valence-corrected chi connectivity index (χ0v) is 16.1. The van der Waals surface area contributed by atoms with E-state index in [1.54, 1.807) is 0 Å². The second-order valence-corrected chi connectivity index (χ2v) is 7.19. The second-order valence-electron chi connectivity index (χ2n) is 7.19. The molecule has 1 unspecified atom stereocenters. The maximum absolute atomic E-state index is 5.73. The molecule has 0 spiro atoms. The number of piperazine rings is 1. The highest BCUT2D eigenvalue weighted by atomic mass is 16.5. The van der Waals surface area contributed by atoms with Crippen LogP contribution < -0.4 is 5.32 Å².